The number of hydrogen-bond acceptors (Lipinski definition) is 4. The van der Waals surface area contributed by atoms with Crippen LogP contribution in [0.4, 0.5) is 0 Å². The molecule has 1 unspecified atom stereocenters. The Kier molecular flexibility index (Phi) is 4.78. The van der Waals surface area contributed by atoms with Crippen LogP contribution in [0.2, 0.25) is 10.0 Å². The van der Waals surface area contributed by atoms with Crippen molar-refractivity contribution in [1.82, 2.24) is 9.47 Å². The Labute approximate surface area is 161 Å². The summed E-state index contributed by atoms with van der Waals surface area (Å²) in [6.07, 6.45) is 3.53. The summed E-state index contributed by atoms with van der Waals surface area (Å²) in [5.74, 6) is 0.0168. The molecule has 3 aliphatic rings. The van der Waals surface area contributed by atoms with E-state index in [1.165, 1.54) is 22.9 Å². The number of fused-ring (bicyclic) bond motifs is 3. The van der Waals surface area contributed by atoms with E-state index in [9.17, 15) is 9.59 Å². The van der Waals surface area contributed by atoms with Crippen molar-refractivity contribution in [1.29, 1.82) is 0 Å². The van der Waals surface area contributed by atoms with Gasteiger partial charge in [-0.25, -0.2) is 4.79 Å². The average Bonchev–Trinajstić information content (AvgIpc) is 2.63. The number of carbonyl (C=O) groups is 1. The van der Waals surface area contributed by atoms with Crippen LogP contribution < -0.4 is 5.56 Å². The van der Waals surface area contributed by atoms with Crippen molar-refractivity contribution in [3.05, 3.63) is 62.5 Å². The fourth-order valence-corrected chi connectivity index (χ4v) is 4.22. The van der Waals surface area contributed by atoms with Crippen molar-refractivity contribution >= 4 is 29.2 Å². The van der Waals surface area contributed by atoms with Gasteiger partial charge < -0.3 is 4.74 Å². The minimum absolute atomic E-state index is 0.0792. The number of hydrogen-bond donors (Lipinski definition) is 0. The van der Waals surface area contributed by atoms with Gasteiger partial charge in [0.05, 0.1) is 16.3 Å². The molecule has 5 rings (SSSR count). The Bertz CT molecular complexity index is 904. The highest BCUT2D eigenvalue weighted by Gasteiger charge is 2.36. The summed E-state index contributed by atoms with van der Waals surface area (Å²) in [7, 11) is 0. The van der Waals surface area contributed by atoms with E-state index in [0.717, 1.165) is 32.5 Å². The van der Waals surface area contributed by atoms with Crippen molar-refractivity contribution in [2.45, 2.75) is 18.9 Å². The molecule has 0 radical (unpaired) electrons. The molecular weight excluding hydrogens is 375 g/mol. The third-order valence-corrected chi connectivity index (χ3v) is 5.71. The number of pyridine rings is 1. The monoisotopic (exact) mass is 392 g/mol. The Hall–Kier alpha value is -1.82. The second-order valence-corrected chi connectivity index (χ2v) is 7.65. The zero-order valence-electron chi connectivity index (χ0n) is 14.0. The molecule has 136 valence electrons. The third kappa shape index (κ3) is 3.39. The highest BCUT2D eigenvalue weighted by molar-refractivity contribution is 6.35. The molecule has 2 bridgehead atoms. The number of nitrogens with zero attached hydrogens (tertiary/aromatic N) is 2. The molecule has 3 fully saturated rings. The summed E-state index contributed by atoms with van der Waals surface area (Å²) >= 11 is 12.1. The highest BCUT2D eigenvalue weighted by Crippen LogP contribution is 2.30. The molecule has 1 aromatic carbocycles. The number of ether oxygens (including phenoxy) is 1. The quantitative estimate of drug-likeness (QED) is 0.751. The number of aromatic nitrogens is 1. The van der Waals surface area contributed by atoms with E-state index in [1.807, 2.05) is 0 Å². The Morgan fingerprint density at radius 2 is 1.88 bits per heavy atom. The van der Waals surface area contributed by atoms with Gasteiger partial charge in [0.2, 0.25) is 0 Å². The van der Waals surface area contributed by atoms with Crippen molar-refractivity contribution < 1.29 is 9.53 Å². The van der Waals surface area contributed by atoms with Crippen LogP contribution in [0.3, 0.4) is 0 Å². The second kappa shape index (κ2) is 7.06. The largest absolute Gasteiger partial charge is 0.457 e. The van der Waals surface area contributed by atoms with Crippen LogP contribution in [0.1, 0.15) is 23.2 Å². The molecule has 0 spiro atoms. The second-order valence-electron chi connectivity index (χ2n) is 6.80. The van der Waals surface area contributed by atoms with Gasteiger partial charge in [0.1, 0.15) is 6.10 Å². The van der Waals surface area contributed by atoms with Crippen LogP contribution in [-0.4, -0.2) is 41.2 Å². The van der Waals surface area contributed by atoms with E-state index in [0.29, 0.717) is 27.2 Å². The van der Waals surface area contributed by atoms with E-state index < -0.39 is 5.97 Å². The minimum Gasteiger partial charge on any atom is -0.457 e. The molecule has 0 saturated carbocycles. The lowest BCUT2D eigenvalue weighted by atomic mass is 9.86. The maximum atomic E-state index is 12.6. The molecule has 1 aromatic heterocycles. The molecule has 7 heteroatoms. The van der Waals surface area contributed by atoms with Crippen LogP contribution in [0.5, 0.6) is 0 Å². The summed E-state index contributed by atoms with van der Waals surface area (Å²) in [6, 6.07) is 7.69. The van der Waals surface area contributed by atoms with Crippen LogP contribution in [0.25, 0.3) is 5.69 Å². The molecule has 0 N–H and O–H groups in total. The number of esters is 1. The Morgan fingerprint density at radius 1 is 1.12 bits per heavy atom. The van der Waals surface area contributed by atoms with E-state index in [4.69, 9.17) is 27.9 Å². The van der Waals surface area contributed by atoms with Gasteiger partial charge in [-0.3, -0.25) is 14.3 Å². The van der Waals surface area contributed by atoms with Gasteiger partial charge in [-0.1, -0.05) is 23.2 Å². The smallest absolute Gasteiger partial charge is 0.339 e. The molecule has 3 saturated heterocycles. The first kappa shape index (κ1) is 17.6. The fourth-order valence-electron chi connectivity index (χ4n) is 3.72. The normalized spacial score (nSPS) is 24.5. The summed E-state index contributed by atoms with van der Waals surface area (Å²) in [6.45, 7) is 2.95. The number of halogens is 2. The SMILES string of the molecule is O=C(OC1CN2CCC1CC2)c1ccc(=O)n(-c2ccc(Cl)cc2Cl)c1. The van der Waals surface area contributed by atoms with Crippen molar-refractivity contribution in [2.75, 3.05) is 19.6 Å². The predicted molar refractivity (Wildman–Crippen MR) is 100 cm³/mol. The van der Waals surface area contributed by atoms with Crippen LogP contribution in [-0.2, 0) is 4.74 Å². The number of rotatable bonds is 3. The van der Waals surface area contributed by atoms with Gasteiger partial charge in [-0.05, 0) is 56.1 Å². The van der Waals surface area contributed by atoms with Gasteiger partial charge in [0.25, 0.3) is 5.56 Å². The van der Waals surface area contributed by atoms with Crippen LogP contribution >= 0.6 is 23.2 Å². The lowest BCUT2D eigenvalue weighted by Crippen LogP contribution is -2.51. The number of carbonyl (C=O) groups excluding carboxylic acids is 1. The van der Waals surface area contributed by atoms with Gasteiger partial charge in [0.15, 0.2) is 0 Å². The Balaban J connectivity index is 1.59. The topological polar surface area (TPSA) is 51.5 Å². The summed E-state index contributed by atoms with van der Waals surface area (Å²) in [4.78, 5) is 27.2. The van der Waals surface area contributed by atoms with E-state index in [1.54, 1.807) is 18.2 Å². The molecular formula is C19H18Cl2N2O3. The maximum absolute atomic E-state index is 12.6. The lowest BCUT2D eigenvalue weighted by molar-refractivity contribution is -0.0456. The fraction of sp³-hybridized carbons (Fsp3) is 0.368. The molecule has 0 aliphatic carbocycles. The Morgan fingerprint density at radius 3 is 2.54 bits per heavy atom. The summed E-state index contributed by atoms with van der Waals surface area (Å²) < 4.78 is 7.08. The zero-order valence-corrected chi connectivity index (χ0v) is 15.5. The first-order chi connectivity index (χ1) is 12.5. The van der Waals surface area contributed by atoms with Crippen molar-refractivity contribution in [3.63, 3.8) is 0 Å². The average molecular weight is 393 g/mol. The molecule has 26 heavy (non-hydrogen) atoms. The lowest BCUT2D eigenvalue weighted by Gasteiger charge is -2.43. The van der Waals surface area contributed by atoms with E-state index in [2.05, 4.69) is 4.90 Å². The van der Waals surface area contributed by atoms with E-state index >= 15 is 0 Å². The number of benzene rings is 1. The summed E-state index contributed by atoms with van der Waals surface area (Å²) in [5.41, 5.74) is 0.513. The third-order valence-electron chi connectivity index (χ3n) is 5.17. The minimum atomic E-state index is -0.414. The van der Waals surface area contributed by atoms with Gasteiger partial charge in [0, 0.05) is 23.8 Å². The first-order valence-corrected chi connectivity index (χ1v) is 9.38. The molecule has 4 heterocycles. The van der Waals surface area contributed by atoms with Gasteiger partial charge in [-0.15, -0.1) is 0 Å². The first-order valence-electron chi connectivity index (χ1n) is 8.63. The highest BCUT2D eigenvalue weighted by atomic mass is 35.5. The number of piperidine rings is 3. The van der Waals surface area contributed by atoms with Gasteiger partial charge in [-0.2, -0.15) is 0 Å². The maximum Gasteiger partial charge on any atom is 0.339 e. The van der Waals surface area contributed by atoms with Gasteiger partial charge >= 0.3 is 5.97 Å². The van der Waals surface area contributed by atoms with E-state index in [-0.39, 0.29) is 11.7 Å². The molecule has 2 aromatic rings. The van der Waals surface area contributed by atoms with Crippen molar-refractivity contribution in [2.24, 2.45) is 5.92 Å². The molecule has 1 atom stereocenters. The predicted octanol–water partition coefficient (Wildman–Crippen LogP) is 3.40. The standard InChI is InChI=1S/C19H18Cl2N2O3/c20-14-2-3-16(15(21)9-14)23-10-13(1-4-18(23)24)19(25)26-17-11-22-7-5-12(17)6-8-22/h1-4,9-10,12,17H,5-8,11H2. The molecule has 0 amide bonds. The van der Waals surface area contributed by atoms with Crippen molar-refractivity contribution in [3.8, 4) is 5.69 Å². The zero-order chi connectivity index (χ0) is 18.3. The van der Waals surface area contributed by atoms with Crippen LogP contribution in [0, 0.1) is 5.92 Å². The summed E-state index contributed by atoms with van der Waals surface area (Å²) in [5, 5.41) is 0.812. The van der Waals surface area contributed by atoms with Crippen LogP contribution in [0.15, 0.2) is 41.3 Å². The molecule has 5 nitrogen and oxygen atoms in total. The molecule has 3 aliphatic heterocycles.